The molecule has 1 radical (unpaired) electrons. The summed E-state index contributed by atoms with van der Waals surface area (Å²) in [6.45, 7) is 0. The van der Waals surface area contributed by atoms with Gasteiger partial charge in [0.05, 0.1) is 11.4 Å². The van der Waals surface area contributed by atoms with Crippen molar-refractivity contribution in [2.24, 2.45) is 0 Å². The van der Waals surface area contributed by atoms with Crippen molar-refractivity contribution in [1.82, 2.24) is 0 Å². The van der Waals surface area contributed by atoms with Gasteiger partial charge in [0, 0.05) is 4.47 Å². The van der Waals surface area contributed by atoms with Crippen molar-refractivity contribution in [2.75, 3.05) is 4.72 Å². The Balaban J connectivity index is 2.16. The molecule has 0 fully saturated rings. The molecule has 18 heavy (non-hydrogen) atoms. The molecule has 0 amide bonds. The van der Waals surface area contributed by atoms with Crippen LogP contribution >= 0.6 is 15.9 Å². The topological polar surface area (TPSA) is 46.2 Å². The SMILES string of the molecule is O=S(=O)(Cc1ccccc1)Nc1ccc[c]c1Br. The number of nitrogens with one attached hydrogen (secondary N) is 1. The summed E-state index contributed by atoms with van der Waals surface area (Å²) in [6, 6.07) is 17.0. The monoisotopic (exact) mass is 324 g/mol. The van der Waals surface area contributed by atoms with Gasteiger partial charge in [0.1, 0.15) is 0 Å². The standard InChI is InChI=1S/C13H11BrNO2S/c14-12-8-4-5-9-13(12)15-18(16,17)10-11-6-2-1-3-7-11/h1-7,9,15H,10H2. The van der Waals surface area contributed by atoms with Gasteiger partial charge in [-0.1, -0.05) is 42.5 Å². The molecule has 93 valence electrons. The minimum atomic E-state index is -3.41. The van der Waals surface area contributed by atoms with Crippen molar-refractivity contribution < 1.29 is 8.42 Å². The van der Waals surface area contributed by atoms with E-state index >= 15 is 0 Å². The highest BCUT2D eigenvalue weighted by Gasteiger charge is 2.12. The van der Waals surface area contributed by atoms with Crippen LogP contribution in [0.25, 0.3) is 0 Å². The van der Waals surface area contributed by atoms with Gasteiger partial charge in [-0.25, -0.2) is 8.42 Å². The van der Waals surface area contributed by atoms with Crippen molar-refractivity contribution in [3.8, 4) is 0 Å². The fourth-order valence-electron chi connectivity index (χ4n) is 1.49. The number of halogens is 1. The smallest absolute Gasteiger partial charge is 0.236 e. The molecule has 5 heteroatoms. The van der Waals surface area contributed by atoms with Crippen LogP contribution in [-0.4, -0.2) is 8.42 Å². The van der Waals surface area contributed by atoms with Gasteiger partial charge in [0.25, 0.3) is 0 Å². The predicted molar refractivity (Wildman–Crippen MR) is 75.7 cm³/mol. The first-order valence-electron chi connectivity index (χ1n) is 5.27. The lowest BCUT2D eigenvalue weighted by molar-refractivity contribution is 0.600. The second-order valence-electron chi connectivity index (χ2n) is 3.74. The van der Waals surface area contributed by atoms with Crippen LogP contribution in [0.5, 0.6) is 0 Å². The van der Waals surface area contributed by atoms with Crippen LogP contribution in [0, 0.1) is 6.07 Å². The molecule has 0 bridgehead atoms. The van der Waals surface area contributed by atoms with Gasteiger partial charge in [0.2, 0.25) is 10.0 Å². The Morgan fingerprint density at radius 1 is 1.11 bits per heavy atom. The van der Waals surface area contributed by atoms with Gasteiger partial charge in [-0.3, -0.25) is 4.72 Å². The summed E-state index contributed by atoms with van der Waals surface area (Å²) < 4.78 is 27.1. The van der Waals surface area contributed by atoms with Gasteiger partial charge in [0.15, 0.2) is 0 Å². The van der Waals surface area contributed by atoms with Crippen molar-refractivity contribution in [3.05, 3.63) is 64.6 Å². The molecule has 0 aromatic heterocycles. The van der Waals surface area contributed by atoms with Crippen LogP contribution in [0.3, 0.4) is 0 Å². The molecular formula is C13H11BrNO2S. The predicted octanol–water partition coefficient (Wildman–Crippen LogP) is 3.19. The molecule has 0 heterocycles. The minimum Gasteiger partial charge on any atom is -0.282 e. The van der Waals surface area contributed by atoms with E-state index in [2.05, 4.69) is 26.7 Å². The first-order valence-corrected chi connectivity index (χ1v) is 7.72. The van der Waals surface area contributed by atoms with E-state index in [9.17, 15) is 8.42 Å². The molecule has 0 saturated heterocycles. The summed E-state index contributed by atoms with van der Waals surface area (Å²) in [4.78, 5) is 0. The lowest BCUT2D eigenvalue weighted by Crippen LogP contribution is -2.15. The molecular weight excluding hydrogens is 314 g/mol. The van der Waals surface area contributed by atoms with E-state index in [1.54, 1.807) is 30.3 Å². The Labute approximate surface area is 115 Å². The lowest BCUT2D eigenvalue weighted by Gasteiger charge is -2.09. The molecule has 2 aromatic rings. The van der Waals surface area contributed by atoms with E-state index in [1.807, 2.05) is 18.2 Å². The average molecular weight is 325 g/mol. The lowest BCUT2D eigenvalue weighted by atomic mass is 10.2. The van der Waals surface area contributed by atoms with Crippen molar-refractivity contribution in [2.45, 2.75) is 5.75 Å². The Kier molecular flexibility index (Phi) is 4.04. The fourth-order valence-corrected chi connectivity index (χ4v) is 3.20. The second kappa shape index (κ2) is 5.54. The zero-order valence-corrected chi connectivity index (χ0v) is 11.8. The van der Waals surface area contributed by atoms with Crippen LogP contribution in [-0.2, 0) is 15.8 Å². The molecule has 0 spiro atoms. The number of benzene rings is 2. The Hall–Kier alpha value is -1.33. The highest BCUT2D eigenvalue weighted by atomic mass is 79.9. The van der Waals surface area contributed by atoms with Crippen LogP contribution in [0.4, 0.5) is 5.69 Å². The molecule has 0 aliphatic rings. The van der Waals surface area contributed by atoms with Crippen LogP contribution in [0.2, 0.25) is 0 Å². The minimum absolute atomic E-state index is 0.0465. The maximum atomic E-state index is 12.0. The third kappa shape index (κ3) is 3.58. The van der Waals surface area contributed by atoms with Gasteiger partial charge in [-0.2, -0.15) is 0 Å². The highest BCUT2D eigenvalue weighted by molar-refractivity contribution is 9.10. The van der Waals surface area contributed by atoms with Crippen LogP contribution in [0.1, 0.15) is 5.56 Å². The average Bonchev–Trinajstić information content (AvgIpc) is 2.32. The van der Waals surface area contributed by atoms with Crippen LogP contribution in [0.15, 0.2) is 53.0 Å². The number of rotatable bonds is 4. The quantitative estimate of drug-likeness (QED) is 0.938. The summed E-state index contributed by atoms with van der Waals surface area (Å²) in [6.07, 6.45) is 0. The second-order valence-corrected chi connectivity index (χ2v) is 6.26. The Morgan fingerprint density at radius 3 is 2.50 bits per heavy atom. The normalized spacial score (nSPS) is 11.2. The van der Waals surface area contributed by atoms with Crippen molar-refractivity contribution in [1.29, 1.82) is 0 Å². The van der Waals surface area contributed by atoms with Crippen molar-refractivity contribution >= 4 is 31.6 Å². The molecule has 2 rings (SSSR count). The fraction of sp³-hybridized carbons (Fsp3) is 0.0769. The zero-order chi connectivity index (χ0) is 13.0. The van der Waals surface area contributed by atoms with Gasteiger partial charge < -0.3 is 0 Å². The summed E-state index contributed by atoms with van der Waals surface area (Å²) in [5.41, 5.74) is 1.24. The van der Waals surface area contributed by atoms with Crippen LogP contribution < -0.4 is 4.72 Å². The van der Waals surface area contributed by atoms with E-state index in [1.165, 1.54) is 0 Å². The van der Waals surface area contributed by atoms with Gasteiger partial charge in [-0.05, 0) is 33.6 Å². The Morgan fingerprint density at radius 2 is 1.83 bits per heavy atom. The summed E-state index contributed by atoms with van der Waals surface area (Å²) >= 11 is 3.25. The maximum Gasteiger partial charge on any atom is 0.236 e. The largest absolute Gasteiger partial charge is 0.282 e. The molecule has 3 nitrogen and oxygen atoms in total. The van der Waals surface area contributed by atoms with Gasteiger partial charge >= 0.3 is 0 Å². The molecule has 0 atom stereocenters. The van der Waals surface area contributed by atoms with E-state index in [-0.39, 0.29) is 5.75 Å². The van der Waals surface area contributed by atoms with E-state index in [0.29, 0.717) is 10.2 Å². The van der Waals surface area contributed by atoms with Crippen molar-refractivity contribution in [3.63, 3.8) is 0 Å². The zero-order valence-electron chi connectivity index (χ0n) is 9.43. The number of sulfonamides is 1. The first kappa shape index (κ1) is 13.1. The summed E-state index contributed by atoms with van der Waals surface area (Å²) in [5, 5.41) is 0. The molecule has 2 aromatic carbocycles. The maximum absolute atomic E-state index is 12.0. The molecule has 0 unspecified atom stereocenters. The van der Waals surface area contributed by atoms with E-state index in [4.69, 9.17) is 0 Å². The molecule has 0 aliphatic heterocycles. The summed E-state index contributed by atoms with van der Waals surface area (Å²) in [5.74, 6) is -0.0465. The Bertz CT molecular complexity index is 626. The number of hydrogen-bond acceptors (Lipinski definition) is 2. The third-order valence-electron chi connectivity index (χ3n) is 2.27. The molecule has 1 N–H and O–H groups in total. The molecule has 0 saturated carbocycles. The number of hydrogen-bond donors (Lipinski definition) is 1. The highest BCUT2D eigenvalue weighted by Crippen LogP contribution is 2.22. The van der Waals surface area contributed by atoms with E-state index < -0.39 is 10.0 Å². The number of anilines is 1. The summed E-state index contributed by atoms with van der Waals surface area (Å²) in [7, 11) is -3.41. The third-order valence-corrected chi connectivity index (χ3v) is 4.17. The van der Waals surface area contributed by atoms with Gasteiger partial charge in [-0.15, -0.1) is 0 Å². The molecule has 0 aliphatic carbocycles. The first-order chi connectivity index (χ1) is 8.57. The van der Waals surface area contributed by atoms with E-state index in [0.717, 1.165) is 5.56 Å².